The topological polar surface area (TPSA) is 32.5 Å². The van der Waals surface area contributed by atoms with Gasteiger partial charge in [0.25, 0.3) is 0 Å². The molecule has 19 heavy (non-hydrogen) atoms. The Hall–Kier alpha value is -0.610. The zero-order valence-electron chi connectivity index (χ0n) is 11.8. The maximum atomic E-state index is 6.30. The SMILES string of the molecule is CN1CCN(C)C(CC(N)Cc2ccc(Cl)cc2)C1. The van der Waals surface area contributed by atoms with Crippen LogP contribution in [0, 0.1) is 0 Å². The second-order valence-corrected chi connectivity index (χ2v) is 6.16. The van der Waals surface area contributed by atoms with Crippen LogP contribution in [0.2, 0.25) is 5.02 Å². The van der Waals surface area contributed by atoms with E-state index in [9.17, 15) is 0 Å². The molecule has 4 heteroatoms. The number of hydrogen-bond acceptors (Lipinski definition) is 3. The maximum Gasteiger partial charge on any atom is 0.0406 e. The monoisotopic (exact) mass is 281 g/mol. The van der Waals surface area contributed by atoms with Gasteiger partial charge in [-0.25, -0.2) is 0 Å². The minimum atomic E-state index is 0.208. The first-order valence-corrected chi connectivity index (χ1v) is 7.31. The maximum absolute atomic E-state index is 6.30. The second kappa shape index (κ2) is 6.71. The van der Waals surface area contributed by atoms with Gasteiger partial charge in [-0.05, 0) is 44.6 Å². The number of piperazine rings is 1. The Balaban J connectivity index is 1.86. The first kappa shape index (κ1) is 14.8. The third kappa shape index (κ3) is 4.46. The Morgan fingerprint density at radius 2 is 1.95 bits per heavy atom. The highest BCUT2D eigenvalue weighted by Gasteiger charge is 2.23. The molecule has 1 heterocycles. The minimum Gasteiger partial charge on any atom is -0.327 e. The summed E-state index contributed by atoms with van der Waals surface area (Å²) in [5, 5.41) is 0.783. The molecule has 106 valence electrons. The molecule has 0 aliphatic carbocycles. The molecular formula is C15H24ClN3. The quantitative estimate of drug-likeness (QED) is 0.914. The van der Waals surface area contributed by atoms with Crippen molar-refractivity contribution in [3.8, 4) is 0 Å². The van der Waals surface area contributed by atoms with Gasteiger partial charge in [-0.1, -0.05) is 23.7 Å². The Bertz CT molecular complexity index is 393. The van der Waals surface area contributed by atoms with E-state index in [-0.39, 0.29) is 6.04 Å². The molecule has 0 aromatic heterocycles. The molecule has 1 fully saturated rings. The second-order valence-electron chi connectivity index (χ2n) is 5.72. The van der Waals surface area contributed by atoms with Crippen molar-refractivity contribution in [2.75, 3.05) is 33.7 Å². The summed E-state index contributed by atoms with van der Waals surface area (Å²) in [5.41, 5.74) is 7.57. The van der Waals surface area contributed by atoms with Crippen LogP contribution in [0.1, 0.15) is 12.0 Å². The third-order valence-electron chi connectivity index (χ3n) is 3.97. The summed E-state index contributed by atoms with van der Waals surface area (Å²) in [6, 6.07) is 8.78. The fourth-order valence-electron chi connectivity index (χ4n) is 2.71. The van der Waals surface area contributed by atoms with Crippen LogP contribution in [-0.2, 0) is 6.42 Å². The van der Waals surface area contributed by atoms with Crippen molar-refractivity contribution in [1.82, 2.24) is 9.80 Å². The molecule has 0 bridgehead atoms. The molecule has 2 rings (SSSR count). The lowest BCUT2D eigenvalue weighted by Crippen LogP contribution is -2.51. The first-order chi connectivity index (χ1) is 9.04. The van der Waals surface area contributed by atoms with E-state index in [0.717, 1.165) is 37.5 Å². The van der Waals surface area contributed by atoms with Crippen LogP contribution >= 0.6 is 11.6 Å². The molecule has 0 amide bonds. The molecule has 2 unspecified atom stereocenters. The molecule has 1 aromatic rings. The van der Waals surface area contributed by atoms with E-state index < -0.39 is 0 Å². The molecule has 3 nitrogen and oxygen atoms in total. The number of nitrogens with zero attached hydrogens (tertiary/aromatic N) is 2. The average molecular weight is 282 g/mol. The molecule has 0 spiro atoms. The lowest BCUT2D eigenvalue weighted by atomic mass is 9.98. The van der Waals surface area contributed by atoms with Crippen molar-refractivity contribution in [3.05, 3.63) is 34.9 Å². The van der Waals surface area contributed by atoms with Crippen molar-refractivity contribution < 1.29 is 0 Å². The van der Waals surface area contributed by atoms with Crippen molar-refractivity contribution in [2.45, 2.75) is 24.9 Å². The summed E-state index contributed by atoms with van der Waals surface area (Å²) >= 11 is 5.90. The molecule has 0 saturated carbocycles. The van der Waals surface area contributed by atoms with E-state index in [1.807, 2.05) is 12.1 Å². The van der Waals surface area contributed by atoms with Gasteiger partial charge in [0.1, 0.15) is 0 Å². The summed E-state index contributed by atoms with van der Waals surface area (Å²) in [6.07, 6.45) is 1.97. The molecule has 2 N–H and O–H groups in total. The molecule has 0 radical (unpaired) electrons. The average Bonchev–Trinajstić information content (AvgIpc) is 2.37. The highest BCUT2D eigenvalue weighted by Crippen LogP contribution is 2.15. The predicted molar refractivity (Wildman–Crippen MR) is 81.7 cm³/mol. The van der Waals surface area contributed by atoms with Gasteiger partial charge in [-0.3, -0.25) is 0 Å². The number of nitrogens with two attached hydrogens (primary N) is 1. The van der Waals surface area contributed by atoms with Gasteiger partial charge in [0.2, 0.25) is 0 Å². The van der Waals surface area contributed by atoms with E-state index in [1.54, 1.807) is 0 Å². The van der Waals surface area contributed by atoms with Gasteiger partial charge in [0, 0.05) is 36.7 Å². The summed E-state index contributed by atoms with van der Waals surface area (Å²) in [5.74, 6) is 0. The number of hydrogen-bond donors (Lipinski definition) is 1. The molecule has 2 atom stereocenters. The zero-order valence-corrected chi connectivity index (χ0v) is 12.6. The highest BCUT2D eigenvalue weighted by molar-refractivity contribution is 6.30. The van der Waals surface area contributed by atoms with E-state index in [1.165, 1.54) is 5.56 Å². The van der Waals surface area contributed by atoms with Crippen LogP contribution in [0.3, 0.4) is 0 Å². The summed E-state index contributed by atoms with van der Waals surface area (Å²) in [4.78, 5) is 4.82. The van der Waals surface area contributed by atoms with Crippen LogP contribution in [-0.4, -0.2) is 55.6 Å². The van der Waals surface area contributed by atoms with Crippen molar-refractivity contribution in [3.63, 3.8) is 0 Å². The van der Waals surface area contributed by atoms with E-state index in [4.69, 9.17) is 17.3 Å². The number of benzene rings is 1. The van der Waals surface area contributed by atoms with Crippen LogP contribution in [0.5, 0.6) is 0 Å². The molecule has 1 saturated heterocycles. The lowest BCUT2D eigenvalue weighted by molar-refractivity contribution is 0.104. The van der Waals surface area contributed by atoms with Crippen LogP contribution in [0.15, 0.2) is 24.3 Å². The molecule has 1 aromatic carbocycles. The van der Waals surface area contributed by atoms with Crippen LogP contribution < -0.4 is 5.73 Å². The molecule has 1 aliphatic heterocycles. The fourth-order valence-corrected chi connectivity index (χ4v) is 2.84. The zero-order chi connectivity index (χ0) is 13.8. The smallest absolute Gasteiger partial charge is 0.0406 e. The van der Waals surface area contributed by atoms with Crippen LogP contribution in [0.25, 0.3) is 0 Å². The Labute approximate surface area is 121 Å². The normalized spacial score (nSPS) is 23.5. The Morgan fingerprint density at radius 3 is 2.63 bits per heavy atom. The number of rotatable bonds is 4. The van der Waals surface area contributed by atoms with E-state index in [2.05, 4.69) is 36.0 Å². The van der Waals surface area contributed by atoms with Crippen molar-refractivity contribution >= 4 is 11.6 Å². The van der Waals surface area contributed by atoms with Gasteiger partial charge >= 0.3 is 0 Å². The standard InChI is InChI=1S/C15H24ClN3/c1-18-7-8-19(2)15(11-18)10-14(17)9-12-3-5-13(16)6-4-12/h3-6,14-15H,7-11,17H2,1-2H3. The Morgan fingerprint density at radius 1 is 1.26 bits per heavy atom. The van der Waals surface area contributed by atoms with Gasteiger partial charge in [0.05, 0.1) is 0 Å². The third-order valence-corrected chi connectivity index (χ3v) is 4.22. The van der Waals surface area contributed by atoms with E-state index >= 15 is 0 Å². The van der Waals surface area contributed by atoms with Gasteiger partial charge < -0.3 is 15.5 Å². The molecule has 1 aliphatic rings. The summed E-state index contributed by atoms with van der Waals surface area (Å²) < 4.78 is 0. The highest BCUT2D eigenvalue weighted by atomic mass is 35.5. The fraction of sp³-hybridized carbons (Fsp3) is 0.600. The summed E-state index contributed by atoms with van der Waals surface area (Å²) in [6.45, 7) is 3.40. The van der Waals surface area contributed by atoms with E-state index in [0.29, 0.717) is 6.04 Å². The largest absolute Gasteiger partial charge is 0.327 e. The number of halogens is 1. The number of likely N-dealkylation sites (N-methyl/N-ethyl adjacent to an activating group) is 2. The van der Waals surface area contributed by atoms with Crippen molar-refractivity contribution in [1.29, 1.82) is 0 Å². The van der Waals surface area contributed by atoms with Crippen molar-refractivity contribution in [2.24, 2.45) is 5.73 Å². The molecular weight excluding hydrogens is 258 g/mol. The lowest BCUT2D eigenvalue weighted by Gasteiger charge is -2.38. The van der Waals surface area contributed by atoms with Gasteiger partial charge in [-0.15, -0.1) is 0 Å². The first-order valence-electron chi connectivity index (χ1n) is 6.93. The predicted octanol–water partition coefficient (Wildman–Crippen LogP) is 1.85. The Kier molecular flexibility index (Phi) is 5.22. The summed E-state index contributed by atoms with van der Waals surface area (Å²) in [7, 11) is 4.39. The van der Waals surface area contributed by atoms with Crippen LogP contribution in [0.4, 0.5) is 0 Å². The van der Waals surface area contributed by atoms with Gasteiger partial charge in [0.15, 0.2) is 0 Å². The minimum absolute atomic E-state index is 0.208. The van der Waals surface area contributed by atoms with Gasteiger partial charge in [-0.2, -0.15) is 0 Å².